The van der Waals surface area contributed by atoms with E-state index in [1.807, 2.05) is 32.0 Å². The molecule has 34 heavy (non-hydrogen) atoms. The first-order chi connectivity index (χ1) is 16.4. The molecule has 7 nitrogen and oxygen atoms in total. The minimum atomic E-state index is -1.56. The molecule has 1 fully saturated rings. The summed E-state index contributed by atoms with van der Waals surface area (Å²) in [6.07, 6.45) is 2.12. The van der Waals surface area contributed by atoms with Crippen molar-refractivity contribution in [1.29, 1.82) is 0 Å². The molecule has 1 saturated heterocycles. The van der Waals surface area contributed by atoms with E-state index in [1.165, 1.54) is 0 Å². The van der Waals surface area contributed by atoms with Crippen molar-refractivity contribution in [3.63, 3.8) is 0 Å². The first kappa shape index (κ1) is 24.5. The molecule has 2 unspecified atom stereocenters. The minimum Gasteiger partial charge on any atom is -0.508 e. The highest BCUT2D eigenvalue weighted by Gasteiger charge is 2.22. The van der Waals surface area contributed by atoms with Crippen LogP contribution in [0.15, 0.2) is 41.3 Å². The maximum Gasteiger partial charge on any atom is 0.183 e. The Bertz CT molecular complexity index is 1170. The average molecular weight is 502 g/mol. The molecule has 2 aromatic carbocycles. The number of thiazole rings is 1. The van der Waals surface area contributed by atoms with Crippen molar-refractivity contribution in [3.05, 3.63) is 47.7 Å². The van der Waals surface area contributed by atoms with Crippen molar-refractivity contribution in [2.75, 3.05) is 30.4 Å². The standard InChI is InChI=1S/C25H31N3O4S2/c1-15-13-20(29)6-7-21(15)28-34(30)23-14-19(5-8-22(23)31-4)24-17(3)27-25(33-24)26-16(2)18-9-11-32-12-10-18/h5-8,13-14,16,18,28-29H,9-12H2,1-4H3,(H,26,27). The summed E-state index contributed by atoms with van der Waals surface area (Å²) < 4.78 is 27.3. The molecule has 1 aliphatic rings. The fourth-order valence-electron chi connectivity index (χ4n) is 4.13. The van der Waals surface area contributed by atoms with Crippen LogP contribution in [0.5, 0.6) is 11.5 Å². The van der Waals surface area contributed by atoms with Gasteiger partial charge < -0.3 is 24.6 Å². The van der Waals surface area contributed by atoms with Gasteiger partial charge in [-0.25, -0.2) is 9.19 Å². The molecule has 2 atom stereocenters. The second kappa shape index (κ2) is 10.8. The predicted molar refractivity (Wildman–Crippen MR) is 138 cm³/mol. The number of phenols is 1. The van der Waals surface area contributed by atoms with Gasteiger partial charge in [0.1, 0.15) is 16.4 Å². The lowest BCUT2D eigenvalue weighted by Gasteiger charge is -2.28. The van der Waals surface area contributed by atoms with E-state index in [0.29, 0.717) is 28.3 Å². The summed E-state index contributed by atoms with van der Waals surface area (Å²) in [6.45, 7) is 7.70. The van der Waals surface area contributed by atoms with E-state index in [1.54, 1.807) is 36.6 Å². The number of phenolic OH excluding ortho intramolecular Hbond substituents is 1. The molecule has 0 saturated carbocycles. The van der Waals surface area contributed by atoms with E-state index in [9.17, 15) is 9.32 Å². The largest absolute Gasteiger partial charge is 0.508 e. The first-order valence-corrected chi connectivity index (χ1v) is 13.3. The van der Waals surface area contributed by atoms with Crippen LogP contribution in [0.4, 0.5) is 10.8 Å². The van der Waals surface area contributed by atoms with Crippen molar-refractivity contribution in [3.8, 4) is 21.9 Å². The molecule has 182 valence electrons. The highest BCUT2D eigenvalue weighted by atomic mass is 32.2. The van der Waals surface area contributed by atoms with E-state index in [-0.39, 0.29) is 5.75 Å². The van der Waals surface area contributed by atoms with Gasteiger partial charge in [0, 0.05) is 24.9 Å². The number of hydrogen-bond donors (Lipinski definition) is 3. The zero-order valence-corrected chi connectivity index (χ0v) is 21.5. The number of aromatic nitrogens is 1. The molecular weight excluding hydrogens is 470 g/mol. The SMILES string of the molecule is COc1ccc(-c2sc(NC(C)C3CCOCC3)nc2C)cc1S(=O)Nc1ccc(O)cc1C. The van der Waals surface area contributed by atoms with Gasteiger partial charge in [-0.1, -0.05) is 11.3 Å². The Labute approximate surface area is 207 Å². The first-order valence-electron chi connectivity index (χ1n) is 11.3. The van der Waals surface area contributed by atoms with Crippen LogP contribution in [0, 0.1) is 19.8 Å². The summed E-state index contributed by atoms with van der Waals surface area (Å²) in [5, 5.41) is 14.1. The van der Waals surface area contributed by atoms with Gasteiger partial charge in [-0.05, 0) is 87.1 Å². The van der Waals surface area contributed by atoms with E-state index < -0.39 is 11.0 Å². The minimum absolute atomic E-state index is 0.171. The van der Waals surface area contributed by atoms with E-state index >= 15 is 0 Å². The van der Waals surface area contributed by atoms with Crippen LogP contribution in [0.25, 0.3) is 10.4 Å². The molecule has 0 spiro atoms. The molecule has 0 radical (unpaired) electrons. The third-order valence-corrected chi connectivity index (χ3v) is 8.42. The second-order valence-corrected chi connectivity index (χ2v) is 10.7. The van der Waals surface area contributed by atoms with Crippen LogP contribution in [-0.2, 0) is 15.7 Å². The Hall–Kier alpha value is -2.62. The summed E-state index contributed by atoms with van der Waals surface area (Å²) in [5.74, 6) is 1.29. The molecular formula is C25H31N3O4S2. The Balaban J connectivity index is 1.56. The Morgan fingerprint density at radius 2 is 1.97 bits per heavy atom. The fourth-order valence-corrected chi connectivity index (χ4v) is 6.30. The second-order valence-electron chi connectivity index (χ2n) is 8.55. The molecule has 3 aromatic rings. The number of methoxy groups -OCH3 is 1. The monoisotopic (exact) mass is 501 g/mol. The molecule has 0 bridgehead atoms. The van der Waals surface area contributed by atoms with E-state index in [2.05, 4.69) is 17.0 Å². The Kier molecular flexibility index (Phi) is 7.75. The van der Waals surface area contributed by atoms with Crippen LogP contribution >= 0.6 is 11.3 Å². The summed E-state index contributed by atoms with van der Waals surface area (Å²) in [7, 11) is 0.00964. The maximum atomic E-state index is 13.2. The van der Waals surface area contributed by atoms with Crippen molar-refractivity contribution in [2.24, 2.45) is 5.92 Å². The van der Waals surface area contributed by atoms with E-state index in [4.69, 9.17) is 14.5 Å². The van der Waals surface area contributed by atoms with Gasteiger partial charge in [-0.15, -0.1) is 0 Å². The summed E-state index contributed by atoms with van der Waals surface area (Å²) >= 11 is 1.61. The third-order valence-electron chi connectivity index (χ3n) is 6.16. The maximum absolute atomic E-state index is 13.2. The number of ether oxygens (including phenoxy) is 2. The summed E-state index contributed by atoms with van der Waals surface area (Å²) in [5.41, 5.74) is 3.35. The molecule has 1 aliphatic heterocycles. The number of anilines is 2. The van der Waals surface area contributed by atoms with Crippen molar-refractivity contribution in [2.45, 2.75) is 44.6 Å². The molecule has 4 rings (SSSR count). The highest BCUT2D eigenvalue weighted by Crippen LogP contribution is 2.37. The van der Waals surface area contributed by atoms with Gasteiger partial charge in [0.05, 0.1) is 17.7 Å². The van der Waals surface area contributed by atoms with Gasteiger partial charge in [-0.2, -0.15) is 0 Å². The number of aryl methyl sites for hydroxylation is 2. The molecule has 9 heteroatoms. The lowest BCUT2D eigenvalue weighted by Crippen LogP contribution is -2.30. The highest BCUT2D eigenvalue weighted by molar-refractivity contribution is 7.86. The van der Waals surface area contributed by atoms with Crippen LogP contribution < -0.4 is 14.8 Å². The number of benzene rings is 2. The number of nitrogens with one attached hydrogen (secondary N) is 2. The zero-order chi connectivity index (χ0) is 24.2. The van der Waals surface area contributed by atoms with E-state index in [0.717, 1.165) is 52.9 Å². The van der Waals surface area contributed by atoms with Crippen molar-refractivity contribution >= 4 is 33.1 Å². The lowest BCUT2D eigenvalue weighted by molar-refractivity contribution is 0.0622. The smallest absolute Gasteiger partial charge is 0.183 e. The van der Waals surface area contributed by atoms with Crippen molar-refractivity contribution < 1.29 is 18.8 Å². The zero-order valence-electron chi connectivity index (χ0n) is 19.9. The molecule has 0 aliphatic carbocycles. The molecule has 0 amide bonds. The van der Waals surface area contributed by atoms with Crippen LogP contribution in [0.2, 0.25) is 0 Å². The number of hydrogen-bond acceptors (Lipinski definition) is 7. The van der Waals surface area contributed by atoms with Gasteiger partial charge >= 0.3 is 0 Å². The molecule has 3 N–H and O–H groups in total. The lowest BCUT2D eigenvalue weighted by atomic mass is 9.93. The third kappa shape index (κ3) is 5.54. The number of rotatable bonds is 8. The quantitative estimate of drug-likeness (QED) is 0.353. The fraction of sp³-hybridized carbons (Fsp3) is 0.400. The normalized spacial score (nSPS) is 16.1. The van der Waals surface area contributed by atoms with Crippen molar-refractivity contribution in [1.82, 2.24) is 4.98 Å². The Morgan fingerprint density at radius 1 is 1.21 bits per heavy atom. The average Bonchev–Trinajstić information content (AvgIpc) is 3.20. The van der Waals surface area contributed by atoms with Gasteiger partial charge in [0.2, 0.25) is 0 Å². The van der Waals surface area contributed by atoms with Crippen LogP contribution in [0.1, 0.15) is 31.0 Å². The molecule has 2 heterocycles. The summed E-state index contributed by atoms with van der Waals surface area (Å²) in [4.78, 5) is 6.33. The van der Waals surface area contributed by atoms with Gasteiger partial charge in [0.25, 0.3) is 0 Å². The number of aromatic hydroxyl groups is 1. The Morgan fingerprint density at radius 3 is 2.68 bits per heavy atom. The predicted octanol–water partition coefficient (Wildman–Crippen LogP) is 5.50. The topological polar surface area (TPSA) is 92.7 Å². The van der Waals surface area contributed by atoms with Crippen LogP contribution in [0.3, 0.4) is 0 Å². The summed E-state index contributed by atoms with van der Waals surface area (Å²) in [6, 6.07) is 10.9. The number of nitrogens with zero attached hydrogens (tertiary/aromatic N) is 1. The van der Waals surface area contributed by atoms with Gasteiger partial charge in [-0.3, -0.25) is 0 Å². The van der Waals surface area contributed by atoms with Gasteiger partial charge in [0.15, 0.2) is 16.1 Å². The van der Waals surface area contributed by atoms with Crippen LogP contribution in [-0.4, -0.2) is 40.7 Å². The molecule has 1 aromatic heterocycles.